The van der Waals surface area contributed by atoms with Crippen molar-refractivity contribution in [2.24, 2.45) is 0 Å². The van der Waals surface area contributed by atoms with Crippen LogP contribution in [0.5, 0.6) is 0 Å². The highest BCUT2D eigenvalue weighted by Gasteiger charge is 2.26. The van der Waals surface area contributed by atoms with Crippen LogP contribution in [0.4, 0.5) is 5.69 Å². The number of benzene rings is 1. The minimum atomic E-state index is -0.223. The van der Waals surface area contributed by atoms with E-state index in [0.29, 0.717) is 17.3 Å². The molecule has 1 fully saturated rings. The number of hydrogen-bond donors (Lipinski definition) is 1. The summed E-state index contributed by atoms with van der Waals surface area (Å²) in [7, 11) is 0. The van der Waals surface area contributed by atoms with Crippen LogP contribution in [0.15, 0.2) is 42.0 Å². The second kappa shape index (κ2) is 6.63. The molecule has 0 unspecified atom stereocenters. The fourth-order valence-electron chi connectivity index (χ4n) is 2.14. The monoisotopic (exact) mass is 302 g/mol. The number of para-hydroxylation sites is 1. The van der Waals surface area contributed by atoms with Gasteiger partial charge in [-0.1, -0.05) is 36.0 Å². The molecule has 1 aromatic rings. The van der Waals surface area contributed by atoms with Crippen molar-refractivity contribution < 1.29 is 9.59 Å². The van der Waals surface area contributed by atoms with Crippen LogP contribution in [0.25, 0.3) is 0 Å². The van der Waals surface area contributed by atoms with Gasteiger partial charge in [0, 0.05) is 18.3 Å². The quantitative estimate of drug-likeness (QED) is 0.687. The summed E-state index contributed by atoms with van der Waals surface area (Å²) in [6, 6.07) is 5.86. The van der Waals surface area contributed by atoms with Gasteiger partial charge in [0.25, 0.3) is 5.91 Å². The second-order valence-electron chi connectivity index (χ2n) is 4.82. The first-order valence-corrected chi connectivity index (χ1v) is 7.64. The van der Waals surface area contributed by atoms with Gasteiger partial charge in [0.15, 0.2) is 0 Å². The molecule has 0 bridgehead atoms. The summed E-state index contributed by atoms with van der Waals surface area (Å²) in [6.45, 7) is 7.96. The van der Waals surface area contributed by atoms with E-state index in [-0.39, 0.29) is 11.8 Å². The van der Waals surface area contributed by atoms with Crippen LogP contribution in [0, 0.1) is 13.8 Å². The summed E-state index contributed by atoms with van der Waals surface area (Å²) < 4.78 is 0. The third kappa shape index (κ3) is 3.55. The highest BCUT2D eigenvalue weighted by Crippen LogP contribution is 2.28. The van der Waals surface area contributed by atoms with Crippen molar-refractivity contribution in [1.29, 1.82) is 0 Å². The summed E-state index contributed by atoms with van der Waals surface area (Å²) in [5.74, 6) is 0.153. The van der Waals surface area contributed by atoms with E-state index >= 15 is 0 Å². The Labute approximate surface area is 128 Å². The lowest BCUT2D eigenvalue weighted by Crippen LogP contribution is -2.25. The number of hydrogen-bond acceptors (Lipinski definition) is 3. The molecule has 1 heterocycles. The van der Waals surface area contributed by atoms with E-state index < -0.39 is 0 Å². The molecule has 2 amide bonds. The van der Waals surface area contributed by atoms with Crippen molar-refractivity contribution in [3.63, 3.8) is 0 Å². The molecule has 0 aromatic heterocycles. The molecule has 110 valence electrons. The Bertz CT molecular complexity index is 602. The number of aryl methyl sites for hydroxylation is 2. The number of carbonyl (C=O) groups excluding carboxylic acids is 2. The van der Waals surface area contributed by atoms with Crippen LogP contribution < -0.4 is 5.32 Å². The van der Waals surface area contributed by atoms with E-state index in [0.717, 1.165) is 16.8 Å². The van der Waals surface area contributed by atoms with Crippen molar-refractivity contribution >= 4 is 29.3 Å². The molecular weight excluding hydrogens is 284 g/mol. The first-order chi connectivity index (χ1) is 10.0. The Kier molecular flexibility index (Phi) is 4.85. The van der Waals surface area contributed by atoms with Gasteiger partial charge in [0.05, 0.1) is 10.8 Å². The number of amides is 2. The topological polar surface area (TPSA) is 49.4 Å². The van der Waals surface area contributed by atoms with Gasteiger partial charge in [-0.25, -0.2) is 0 Å². The SMILES string of the molecule is C=CCN1C(=O)CSC1=CC(=O)Nc1c(C)cccc1C. The van der Waals surface area contributed by atoms with Gasteiger partial charge in [-0.2, -0.15) is 0 Å². The molecular formula is C16H18N2O2S. The maximum atomic E-state index is 12.2. The maximum Gasteiger partial charge on any atom is 0.251 e. The molecule has 1 aliphatic rings. The van der Waals surface area contributed by atoms with E-state index in [1.807, 2.05) is 32.0 Å². The second-order valence-corrected chi connectivity index (χ2v) is 5.82. The maximum absolute atomic E-state index is 12.2. The Hall–Kier alpha value is -2.01. The largest absolute Gasteiger partial charge is 0.322 e. The number of anilines is 1. The van der Waals surface area contributed by atoms with Crippen LogP contribution in [0.1, 0.15) is 11.1 Å². The first kappa shape index (κ1) is 15.4. The van der Waals surface area contributed by atoms with Crippen molar-refractivity contribution in [2.75, 3.05) is 17.6 Å². The predicted molar refractivity (Wildman–Crippen MR) is 87.0 cm³/mol. The Balaban J connectivity index is 2.16. The smallest absolute Gasteiger partial charge is 0.251 e. The van der Waals surface area contributed by atoms with Crippen molar-refractivity contribution in [3.05, 3.63) is 53.1 Å². The number of carbonyl (C=O) groups is 2. The minimum Gasteiger partial charge on any atom is -0.322 e. The van der Waals surface area contributed by atoms with E-state index in [1.165, 1.54) is 17.8 Å². The van der Waals surface area contributed by atoms with E-state index in [2.05, 4.69) is 11.9 Å². The molecule has 5 heteroatoms. The molecule has 21 heavy (non-hydrogen) atoms. The number of nitrogens with zero attached hydrogens (tertiary/aromatic N) is 1. The zero-order valence-electron chi connectivity index (χ0n) is 12.2. The van der Waals surface area contributed by atoms with E-state index in [1.54, 1.807) is 11.0 Å². The molecule has 0 atom stereocenters. The van der Waals surface area contributed by atoms with Crippen molar-refractivity contribution in [2.45, 2.75) is 13.8 Å². The molecule has 4 nitrogen and oxygen atoms in total. The lowest BCUT2D eigenvalue weighted by atomic mass is 10.1. The molecule has 1 saturated heterocycles. The zero-order valence-corrected chi connectivity index (χ0v) is 13.0. The molecule has 1 N–H and O–H groups in total. The number of thioether (sulfide) groups is 1. The standard InChI is InChI=1S/C16H18N2O2S/c1-4-8-18-14(20)10-21-15(18)9-13(19)17-16-11(2)6-5-7-12(16)3/h4-7,9H,1,8,10H2,2-3H3,(H,17,19). The summed E-state index contributed by atoms with van der Waals surface area (Å²) in [5.41, 5.74) is 2.85. The Morgan fingerprint density at radius 3 is 2.71 bits per heavy atom. The highest BCUT2D eigenvalue weighted by atomic mass is 32.2. The fraction of sp³-hybridized carbons (Fsp3) is 0.250. The van der Waals surface area contributed by atoms with Crippen LogP contribution in [0.3, 0.4) is 0 Å². The summed E-state index contributed by atoms with van der Waals surface area (Å²) >= 11 is 1.37. The Morgan fingerprint density at radius 2 is 2.10 bits per heavy atom. The van der Waals surface area contributed by atoms with Crippen LogP contribution in [-0.2, 0) is 9.59 Å². The average molecular weight is 302 g/mol. The van der Waals surface area contributed by atoms with Crippen LogP contribution >= 0.6 is 11.8 Å². The van der Waals surface area contributed by atoms with E-state index in [4.69, 9.17) is 0 Å². The average Bonchev–Trinajstić information content (AvgIpc) is 2.76. The molecule has 2 rings (SSSR count). The lowest BCUT2D eigenvalue weighted by Gasteiger charge is -2.15. The normalized spacial score (nSPS) is 16.4. The molecule has 0 aliphatic carbocycles. The van der Waals surface area contributed by atoms with Gasteiger partial charge < -0.3 is 10.2 Å². The third-order valence-electron chi connectivity index (χ3n) is 3.21. The van der Waals surface area contributed by atoms with Crippen LogP contribution in [0.2, 0.25) is 0 Å². The Morgan fingerprint density at radius 1 is 1.43 bits per heavy atom. The van der Waals surface area contributed by atoms with Gasteiger partial charge in [-0.3, -0.25) is 9.59 Å². The van der Waals surface area contributed by atoms with Gasteiger partial charge in [-0.05, 0) is 25.0 Å². The first-order valence-electron chi connectivity index (χ1n) is 6.66. The van der Waals surface area contributed by atoms with Gasteiger partial charge in [0.2, 0.25) is 5.91 Å². The highest BCUT2D eigenvalue weighted by molar-refractivity contribution is 8.04. The van der Waals surface area contributed by atoms with E-state index in [9.17, 15) is 9.59 Å². The number of rotatable bonds is 4. The molecule has 0 spiro atoms. The molecule has 1 aliphatic heterocycles. The fourth-order valence-corrected chi connectivity index (χ4v) is 3.09. The summed E-state index contributed by atoms with van der Waals surface area (Å²) in [4.78, 5) is 25.4. The molecule has 1 aromatic carbocycles. The lowest BCUT2D eigenvalue weighted by molar-refractivity contribution is -0.124. The predicted octanol–water partition coefficient (Wildman–Crippen LogP) is 2.84. The van der Waals surface area contributed by atoms with Gasteiger partial charge in [0.1, 0.15) is 0 Å². The number of nitrogens with one attached hydrogen (secondary N) is 1. The minimum absolute atomic E-state index is 0.00558. The third-order valence-corrected chi connectivity index (χ3v) is 4.23. The molecule has 0 saturated carbocycles. The summed E-state index contributed by atoms with van der Waals surface area (Å²) in [6.07, 6.45) is 3.13. The van der Waals surface area contributed by atoms with Gasteiger partial charge >= 0.3 is 0 Å². The summed E-state index contributed by atoms with van der Waals surface area (Å²) in [5, 5.41) is 3.56. The zero-order chi connectivity index (χ0) is 15.4. The van der Waals surface area contributed by atoms with Crippen molar-refractivity contribution in [3.8, 4) is 0 Å². The van der Waals surface area contributed by atoms with Crippen LogP contribution in [-0.4, -0.2) is 29.0 Å². The molecule has 0 radical (unpaired) electrons. The van der Waals surface area contributed by atoms with Crippen molar-refractivity contribution in [1.82, 2.24) is 4.90 Å². The van der Waals surface area contributed by atoms with Gasteiger partial charge in [-0.15, -0.1) is 6.58 Å².